The molecule has 0 aromatic carbocycles. The average molecular weight is 324 g/mol. The monoisotopic (exact) mass is 324 g/mol. The number of ketones is 1. The molecule has 3 N–H and O–H groups in total. The first kappa shape index (κ1) is 19.6. The molecule has 0 saturated heterocycles. The van der Waals surface area contributed by atoms with Crippen molar-refractivity contribution in [3.63, 3.8) is 0 Å². The Labute approximate surface area is 137 Å². The van der Waals surface area contributed by atoms with Gasteiger partial charge in [0.05, 0.1) is 12.2 Å². The zero-order valence-electron chi connectivity index (χ0n) is 13.7. The van der Waals surface area contributed by atoms with E-state index in [2.05, 4.69) is 0 Å². The van der Waals surface area contributed by atoms with Crippen LogP contribution in [0.15, 0.2) is 24.3 Å². The van der Waals surface area contributed by atoms with Crippen LogP contribution in [0.2, 0.25) is 0 Å². The number of aliphatic hydroxyl groups excluding tert-OH is 2. The third-order valence-corrected chi connectivity index (χ3v) is 4.23. The standard InChI is InChI=1S/C18H28O5/c1-2-3-4-8-14-15(17(21)12-16(14)20)11-10-13(19)7-5-6-9-18(22)23/h3-4,10-11,13-16,19-20H,2,5-9,12H2,1H3,(H,22,23)/b4-3-,11-10+/t13-,14-,15+,16-/m0/s1. The van der Waals surface area contributed by atoms with E-state index in [0.717, 1.165) is 6.42 Å². The molecule has 0 aromatic rings. The Morgan fingerprint density at radius 3 is 2.74 bits per heavy atom. The lowest BCUT2D eigenvalue weighted by molar-refractivity contribution is -0.137. The molecule has 130 valence electrons. The van der Waals surface area contributed by atoms with Crippen LogP contribution in [0.1, 0.15) is 51.9 Å². The molecule has 1 rings (SSSR count). The van der Waals surface area contributed by atoms with Gasteiger partial charge in [0, 0.05) is 24.7 Å². The van der Waals surface area contributed by atoms with Gasteiger partial charge in [0.1, 0.15) is 5.78 Å². The van der Waals surface area contributed by atoms with Crippen molar-refractivity contribution in [2.75, 3.05) is 0 Å². The number of allylic oxidation sites excluding steroid dienone is 3. The van der Waals surface area contributed by atoms with Gasteiger partial charge in [-0.2, -0.15) is 0 Å². The van der Waals surface area contributed by atoms with Crippen LogP contribution in [-0.2, 0) is 9.59 Å². The third-order valence-electron chi connectivity index (χ3n) is 4.23. The molecule has 0 bridgehead atoms. The Kier molecular flexibility index (Phi) is 8.81. The Bertz CT molecular complexity index is 441. The molecule has 0 aromatic heterocycles. The van der Waals surface area contributed by atoms with E-state index in [4.69, 9.17) is 5.11 Å². The first-order chi connectivity index (χ1) is 11.0. The third kappa shape index (κ3) is 7.10. The fraction of sp³-hybridized carbons (Fsp3) is 0.667. The largest absolute Gasteiger partial charge is 0.481 e. The molecule has 0 amide bonds. The van der Waals surface area contributed by atoms with Gasteiger partial charge in [-0.25, -0.2) is 0 Å². The van der Waals surface area contributed by atoms with Gasteiger partial charge >= 0.3 is 5.97 Å². The van der Waals surface area contributed by atoms with Crippen LogP contribution < -0.4 is 0 Å². The summed E-state index contributed by atoms with van der Waals surface area (Å²) in [7, 11) is 0. The van der Waals surface area contributed by atoms with E-state index in [1.165, 1.54) is 0 Å². The lowest BCUT2D eigenvalue weighted by Gasteiger charge is -2.17. The Balaban J connectivity index is 2.48. The van der Waals surface area contributed by atoms with Gasteiger partial charge in [0.2, 0.25) is 0 Å². The Morgan fingerprint density at radius 2 is 2.09 bits per heavy atom. The van der Waals surface area contributed by atoms with Crippen molar-refractivity contribution in [2.45, 2.75) is 64.1 Å². The molecule has 0 spiro atoms. The van der Waals surface area contributed by atoms with Gasteiger partial charge in [0.15, 0.2) is 0 Å². The van der Waals surface area contributed by atoms with Gasteiger partial charge < -0.3 is 15.3 Å². The van der Waals surface area contributed by atoms with E-state index >= 15 is 0 Å². The number of aliphatic carboxylic acids is 1. The molecule has 0 unspecified atom stereocenters. The second kappa shape index (κ2) is 10.3. The zero-order valence-corrected chi connectivity index (χ0v) is 13.7. The average Bonchev–Trinajstić information content (AvgIpc) is 2.75. The van der Waals surface area contributed by atoms with Crippen LogP contribution in [0, 0.1) is 11.8 Å². The van der Waals surface area contributed by atoms with E-state index in [1.54, 1.807) is 12.2 Å². The fourth-order valence-electron chi connectivity index (χ4n) is 2.92. The van der Waals surface area contributed by atoms with Gasteiger partial charge in [-0.3, -0.25) is 9.59 Å². The number of carbonyl (C=O) groups is 2. The van der Waals surface area contributed by atoms with Crippen LogP contribution in [0.25, 0.3) is 0 Å². The summed E-state index contributed by atoms with van der Waals surface area (Å²) in [6.45, 7) is 2.03. The molecular formula is C18H28O5. The number of hydrogen-bond acceptors (Lipinski definition) is 4. The van der Waals surface area contributed by atoms with E-state index in [0.29, 0.717) is 25.7 Å². The summed E-state index contributed by atoms with van der Waals surface area (Å²) in [6, 6.07) is 0. The van der Waals surface area contributed by atoms with Gasteiger partial charge in [-0.1, -0.05) is 31.2 Å². The smallest absolute Gasteiger partial charge is 0.303 e. The molecule has 5 nitrogen and oxygen atoms in total. The molecule has 1 aliphatic rings. The van der Waals surface area contributed by atoms with Crippen molar-refractivity contribution in [1.82, 2.24) is 0 Å². The first-order valence-electron chi connectivity index (χ1n) is 8.39. The first-order valence-corrected chi connectivity index (χ1v) is 8.39. The quantitative estimate of drug-likeness (QED) is 0.424. The number of hydrogen-bond donors (Lipinski definition) is 3. The maximum atomic E-state index is 12.0. The molecular weight excluding hydrogens is 296 g/mol. The van der Waals surface area contributed by atoms with Crippen molar-refractivity contribution < 1.29 is 24.9 Å². The molecule has 0 radical (unpaired) electrons. The van der Waals surface area contributed by atoms with Crippen molar-refractivity contribution in [1.29, 1.82) is 0 Å². The maximum Gasteiger partial charge on any atom is 0.303 e. The highest BCUT2D eigenvalue weighted by molar-refractivity contribution is 5.86. The molecule has 5 heteroatoms. The molecule has 0 heterocycles. The van der Waals surface area contributed by atoms with Crippen molar-refractivity contribution in [3.05, 3.63) is 24.3 Å². The molecule has 23 heavy (non-hydrogen) atoms. The van der Waals surface area contributed by atoms with Crippen molar-refractivity contribution in [2.24, 2.45) is 11.8 Å². The zero-order chi connectivity index (χ0) is 17.2. The van der Waals surface area contributed by atoms with E-state index in [-0.39, 0.29) is 30.5 Å². The van der Waals surface area contributed by atoms with Crippen LogP contribution in [-0.4, -0.2) is 39.3 Å². The van der Waals surface area contributed by atoms with Gasteiger partial charge in [-0.05, 0) is 32.1 Å². The molecule has 4 atom stereocenters. The predicted molar refractivity (Wildman–Crippen MR) is 87.9 cm³/mol. The second-order valence-electron chi connectivity index (χ2n) is 6.13. The minimum atomic E-state index is -0.830. The Morgan fingerprint density at radius 1 is 1.35 bits per heavy atom. The highest BCUT2D eigenvalue weighted by atomic mass is 16.4. The summed E-state index contributed by atoms with van der Waals surface area (Å²) in [5.74, 6) is -1.29. The minimum Gasteiger partial charge on any atom is -0.481 e. The number of carboxylic acid groups (broad SMARTS) is 1. The van der Waals surface area contributed by atoms with E-state index in [9.17, 15) is 19.8 Å². The fourth-order valence-corrected chi connectivity index (χ4v) is 2.92. The highest BCUT2D eigenvalue weighted by Gasteiger charge is 2.39. The van der Waals surface area contributed by atoms with Crippen LogP contribution >= 0.6 is 0 Å². The summed E-state index contributed by atoms with van der Waals surface area (Å²) in [6.07, 6.45) is 9.54. The van der Waals surface area contributed by atoms with Gasteiger partial charge in [0.25, 0.3) is 0 Å². The number of rotatable bonds is 10. The molecule has 1 aliphatic carbocycles. The lowest BCUT2D eigenvalue weighted by atomic mass is 9.90. The summed E-state index contributed by atoms with van der Waals surface area (Å²) < 4.78 is 0. The molecule has 1 fully saturated rings. The second-order valence-corrected chi connectivity index (χ2v) is 6.13. The summed E-state index contributed by atoms with van der Waals surface area (Å²) >= 11 is 0. The Hall–Kier alpha value is -1.46. The summed E-state index contributed by atoms with van der Waals surface area (Å²) in [4.78, 5) is 22.4. The van der Waals surface area contributed by atoms with E-state index in [1.807, 2.05) is 19.1 Å². The topological polar surface area (TPSA) is 94.8 Å². The number of carbonyl (C=O) groups excluding carboxylic acids is 1. The van der Waals surface area contributed by atoms with Crippen LogP contribution in [0.3, 0.4) is 0 Å². The number of unbranched alkanes of at least 4 members (excludes halogenated alkanes) is 1. The predicted octanol–water partition coefficient (Wildman–Crippen LogP) is 2.47. The van der Waals surface area contributed by atoms with Crippen LogP contribution in [0.4, 0.5) is 0 Å². The van der Waals surface area contributed by atoms with Gasteiger partial charge in [-0.15, -0.1) is 0 Å². The highest BCUT2D eigenvalue weighted by Crippen LogP contribution is 2.33. The van der Waals surface area contributed by atoms with Crippen molar-refractivity contribution in [3.8, 4) is 0 Å². The minimum absolute atomic E-state index is 0.0155. The summed E-state index contributed by atoms with van der Waals surface area (Å²) in [5.41, 5.74) is 0. The number of aliphatic hydroxyl groups is 2. The summed E-state index contributed by atoms with van der Waals surface area (Å²) in [5, 5.41) is 28.5. The van der Waals surface area contributed by atoms with Crippen molar-refractivity contribution >= 4 is 11.8 Å². The van der Waals surface area contributed by atoms with Crippen LogP contribution in [0.5, 0.6) is 0 Å². The molecule has 0 aliphatic heterocycles. The maximum absolute atomic E-state index is 12.0. The number of carboxylic acids is 1. The van der Waals surface area contributed by atoms with E-state index < -0.39 is 18.2 Å². The lowest BCUT2D eigenvalue weighted by Crippen LogP contribution is -2.19. The number of Topliss-reactive ketones (excluding diaryl/α,β-unsaturated/α-hetero) is 1. The normalized spacial score (nSPS) is 26.4. The molecule has 1 saturated carbocycles. The SMILES string of the molecule is CC/C=C\C[C@@H]1[C@@H](O)CC(=O)[C@@H]1/C=C/[C@@H](O)CCCCC(=O)O.